The van der Waals surface area contributed by atoms with E-state index in [-0.39, 0.29) is 24.6 Å². The van der Waals surface area contributed by atoms with E-state index in [1.165, 1.54) is 6.07 Å². The number of halogens is 1. The lowest BCUT2D eigenvalue weighted by atomic mass is 10.1. The second-order valence-electron chi connectivity index (χ2n) is 9.52. The molecule has 0 radical (unpaired) electrons. The Morgan fingerprint density at radius 3 is 2.61 bits per heavy atom. The van der Waals surface area contributed by atoms with Crippen LogP contribution in [0.15, 0.2) is 54.6 Å². The van der Waals surface area contributed by atoms with Crippen LogP contribution in [0.2, 0.25) is 0 Å². The molecule has 36 heavy (non-hydrogen) atoms. The monoisotopic (exact) mass is 497 g/mol. The molecule has 0 aliphatic carbocycles. The lowest BCUT2D eigenvalue weighted by Gasteiger charge is -2.28. The SMILES string of the molecule is CC(C)OCC(O)CN(Cc1c(-c2ccccc2)nn(C)c1Oc1ccccc1F)CC1CCCO1. The number of aromatic nitrogens is 2. The molecule has 2 unspecified atom stereocenters. The van der Waals surface area contributed by atoms with Crippen molar-refractivity contribution in [2.24, 2.45) is 7.05 Å². The van der Waals surface area contributed by atoms with Crippen molar-refractivity contribution in [3.63, 3.8) is 0 Å². The van der Waals surface area contributed by atoms with Crippen LogP contribution in [0.3, 0.4) is 0 Å². The van der Waals surface area contributed by atoms with Gasteiger partial charge in [-0.1, -0.05) is 42.5 Å². The predicted molar refractivity (Wildman–Crippen MR) is 136 cm³/mol. The molecule has 7 nitrogen and oxygen atoms in total. The maximum atomic E-state index is 14.5. The highest BCUT2D eigenvalue weighted by molar-refractivity contribution is 5.65. The van der Waals surface area contributed by atoms with Crippen molar-refractivity contribution in [2.45, 2.75) is 51.5 Å². The van der Waals surface area contributed by atoms with E-state index in [0.717, 1.165) is 36.3 Å². The Labute approximate surface area is 212 Å². The first-order valence-electron chi connectivity index (χ1n) is 12.6. The highest BCUT2D eigenvalue weighted by Crippen LogP contribution is 2.35. The van der Waals surface area contributed by atoms with Gasteiger partial charge in [0.05, 0.1) is 30.5 Å². The molecule has 194 valence electrons. The number of rotatable bonds is 12. The van der Waals surface area contributed by atoms with E-state index < -0.39 is 11.9 Å². The van der Waals surface area contributed by atoms with E-state index in [9.17, 15) is 9.50 Å². The van der Waals surface area contributed by atoms with Crippen molar-refractivity contribution in [3.8, 4) is 22.9 Å². The van der Waals surface area contributed by atoms with Crippen LogP contribution in [-0.4, -0.2) is 64.4 Å². The Kier molecular flexibility index (Phi) is 9.09. The zero-order chi connectivity index (χ0) is 25.5. The van der Waals surface area contributed by atoms with Crippen molar-refractivity contribution in [2.75, 3.05) is 26.3 Å². The molecule has 0 spiro atoms. The molecule has 1 aromatic heterocycles. The fourth-order valence-electron chi connectivity index (χ4n) is 4.44. The summed E-state index contributed by atoms with van der Waals surface area (Å²) in [6, 6.07) is 16.2. The van der Waals surface area contributed by atoms with E-state index in [1.807, 2.05) is 44.2 Å². The second-order valence-corrected chi connectivity index (χ2v) is 9.52. The zero-order valence-electron chi connectivity index (χ0n) is 21.3. The van der Waals surface area contributed by atoms with E-state index >= 15 is 0 Å². The number of para-hydroxylation sites is 1. The van der Waals surface area contributed by atoms with E-state index in [0.29, 0.717) is 25.5 Å². The van der Waals surface area contributed by atoms with Gasteiger partial charge < -0.3 is 19.3 Å². The molecule has 8 heteroatoms. The maximum absolute atomic E-state index is 14.5. The number of ether oxygens (including phenoxy) is 3. The summed E-state index contributed by atoms with van der Waals surface area (Å²) >= 11 is 0. The minimum atomic E-state index is -0.665. The molecular weight excluding hydrogens is 461 g/mol. The lowest BCUT2D eigenvalue weighted by Crippen LogP contribution is -2.39. The van der Waals surface area contributed by atoms with Crippen molar-refractivity contribution in [3.05, 3.63) is 66.0 Å². The minimum absolute atomic E-state index is 0.0371. The Balaban J connectivity index is 1.67. The second kappa shape index (κ2) is 12.5. The summed E-state index contributed by atoms with van der Waals surface area (Å²) < 4.78 is 33.8. The standard InChI is InChI=1S/C28H36FN3O4/c1-20(2)35-19-22(33)16-32(17-23-12-9-15-34-23)18-24-27(21-10-5-4-6-11-21)30-31(3)28(24)36-26-14-8-7-13-25(26)29/h4-8,10-11,13-14,20,22-23,33H,9,12,15-19H2,1-3H3. The summed E-state index contributed by atoms with van der Waals surface area (Å²) in [5, 5.41) is 15.5. The maximum Gasteiger partial charge on any atom is 0.222 e. The van der Waals surface area contributed by atoms with Crippen LogP contribution in [0.25, 0.3) is 11.3 Å². The average Bonchev–Trinajstić information content (AvgIpc) is 3.48. The van der Waals surface area contributed by atoms with Crippen LogP contribution < -0.4 is 4.74 Å². The van der Waals surface area contributed by atoms with Gasteiger partial charge in [0, 0.05) is 38.9 Å². The number of aryl methyl sites for hydroxylation is 1. The number of aliphatic hydroxyl groups excluding tert-OH is 1. The summed E-state index contributed by atoms with van der Waals surface area (Å²) in [6.45, 7) is 6.39. The Bertz CT molecular complexity index is 1100. The van der Waals surface area contributed by atoms with Gasteiger partial charge in [0.1, 0.15) is 5.69 Å². The molecule has 3 aromatic rings. The summed E-state index contributed by atoms with van der Waals surface area (Å²) in [5.41, 5.74) is 2.52. The molecule has 2 heterocycles. The number of hydrogen-bond donors (Lipinski definition) is 1. The van der Waals surface area contributed by atoms with Crippen LogP contribution >= 0.6 is 0 Å². The van der Waals surface area contributed by atoms with Crippen LogP contribution in [0.4, 0.5) is 4.39 Å². The van der Waals surface area contributed by atoms with Crippen LogP contribution in [0, 0.1) is 5.82 Å². The quantitative estimate of drug-likeness (QED) is 0.388. The van der Waals surface area contributed by atoms with Gasteiger partial charge in [-0.25, -0.2) is 9.07 Å². The van der Waals surface area contributed by atoms with Crippen molar-refractivity contribution < 1.29 is 23.7 Å². The molecule has 1 aliphatic rings. The van der Waals surface area contributed by atoms with Gasteiger partial charge in [0.25, 0.3) is 0 Å². The average molecular weight is 498 g/mol. The van der Waals surface area contributed by atoms with Gasteiger partial charge in [0.15, 0.2) is 11.6 Å². The first-order valence-corrected chi connectivity index (χ1v) is 12.6. The Morgan fingerprint density at radius 2 is 1.92 bits per heavy atom. The summed E-state index contributed by atoms with van der Waals surface area (Å²) in [4.78, 5) is 2.15. The highest BCUT2D eigenvalue weighted by atomic mass is 19.1. The summed E-state index contributed by atoms with van der Waals surface area (Å²) in [5.74, 6) is 0.157. The van der Waals surface area contributed by atoms with Gasteiger partial charge in [-0.2, -0.15) is 5.10 Å². The molecule has 0 amide bonds. The summed E-state index contributed by atoms with van der Waals surface area (Å²) in [6.07, 6.45) is 1.47. The van der Waals surface area contributed by atoms with Gasteiger partial charge in [0.2, 0.25) is 5.88 Å². The number of nitrogens with zero attached hydrogens (tertiary/aromatic N) is 3. The Hall–Kier alpha value is -2.78. The fraction of sp³-hybridized carbons (Fsp3) is 0.464. The highest BCUT2D eigenvalue weighted by Gasteiger charge is 2.27. The third kappa shape index (κ3) is 6.91. The number of hydrogen-bond acceptors (Lipinski definition) is 6. The van der Waals surface area contributed by atoms with Crippen LogP contribution in [-0.2, 0) is 23.1 Å². The first kappa shape index (κ1) is 26.3. The van der Waals surface area contributed by atoms with Crippen molar-refractivity contribution >= 4 is 0 Å². The molecule has 2 atom stereocenters. The van der Waals surface area contributed by atoms with Crippen LogP contribution in [0.1, 0.15) is 32.3 Å². The molecule has 0 saturated carbocycles. The minimum Gasteiger partial charge on any atom is -0.436 e. The first-order chi connectivity index (χ1) is 17.4. The molecule has 1 saturated heterocycles. The lowest BCUT2D eigenvalue weighted by molar-refractivity contribution is -0.0172. The number of benzene rings is 2. The van der Waals surface area contributed by atoms with Gasteiger partial charge in [-0.05, 0) is 38.8 Å². The zero-order valence-corrected chi connectivity index (χ0v) is 21.3. The largest absolute Gasteiger partial charge is 0.436 e. The van der Waals surface area contributed by atoms with E-state index in [4.69, 9.17) is 19.3 Å². The summed E-state index contributed by atoms with van der Waals surface area (Å²) in [7, 11) is 1.79. The molecule has 2 aromatic carbocycles. The van der Waals surface area contributed by atoms with Gasteiger partial charge in [-0.15, -0.1) is 0 Å². The molecule has 0 bridgehead atoms. The topological polar surface area (TPSA) is 69.0 Å². The van der Waals surface area contributed by atoms with E-state index in [2.05, 4.69) is 4.90 Å². The Morgan fingerprint density at radius 1 is 1.17 bits per heavy atom. The van der Waals surface area contributed by atoms with Crippen LogP contribution in [0.5, 0.6) is 11.6 Å². The molecule has 1 fully saturated rings. The van der Waals surface area contributed by atoms with E-state index in [1.54, 1.807) is 29.9 Å². The van der Waals surface area contributed by atoms with Crippen molar-refractivity contribution in [1.82, 2.24) is 14.7 Å². The van der Waals surface area contributed by atoms with Crippen molar-refractivity contribution in [1.29, 1.82) is 0 Å². The molecule has 1 N–H and O–H groups in total. The molecule has 4 rings (SSSR count). The third-order valence-electron chi connectivity index (χ3n) is 6.14. The molecular formula is C28H36FN3O4. The normalized spacial score (nSPS) is 16.7. The molecule has 1 aliphatic heterocycles. The third-order valence-corrected chi connectivity index (χ3v) is 6.14. The predicted octanol–water partition coefficient (Wildman–Crippen LogP) is 4.79. The van der Waals surface area contributed by atoms with Gasteiger partial charge in [-0.3, -0.25) is 4.90 Å². The van der Waals surface area contributed by atoms with Gasteiger partial charge >= 0.3 is 0 Å². The number of aliphatic hydroxyl groups is 1. The fourth-order valence-corrected chi connectivity index (χ4v) is 4.44. The smallest absolute Gasteiger partial charge is 0.222 e.